The van der Waals surface area contributed by atoms with Gasteiger partial charge in [0.1, 0.15) is 24.1 Å². The van der Waals surface area contributed by atoms with E-state index in [9.17, 15) is 33.6 Å². The second-order valence-electron chi connectivity index (χ2n) is 13.7. The summed E-state index contributed by atoms with van der Waals surface area (Å²) in [7, 11) is -3.97. The number of hydrogen-bond acceptors (Lipinski definition) is 11. The fourth-order valence-corrected chi connectivity index (χ4v) is 7.87. The van der Waals surface area contributed by atoms with Crippen LogP contribution < -0.4 is 10.1 Å². The van der Waals surface area contributed by atoms with Crippen molar-refractivity contribution >= 4 is 27.5 Å². The van der Waals surface area contributed by atoms with Gasteiger partial charge in [-0.1, -0.05) is 29.8 Å². The molecule has 284 valence electrons. The lowest BCUT2D eigenvalue weighted by atomic mass is 9.96. The Morgan fingerprint density at radius 2 is 1.77 bits per heavy atom. The van der Waals surface area contributed by atoms with Crippen molar-refractivity contribution in [1.82, 2.24) is 14.6 Å². The minimum atomic E-state index is -3.97. The highest BCUT2D eigenvalue weighted by atomic mass is 35.5. The van der Waals surface area contributed by atoms with E-state index in [1.54, 1.807) is 32.2 Å². The van der Waals surface area contributed by atoms with Gasteiger partial charge in [-0.05, 0) is 93.8 Å². The minimum absolute atomic E-state index is 0.0508. The molecule has 13 nitrogen and oxygen atoms in total. The number of halogens is 1. The number of unbranched alkanes of at least 4 members (excludes halogenated alkanes) is 1. The molecule has 0 spiro atoms. The number of carbonyl (C=O) groups is 1. The fraction of sp³-hybridized carbons (Fsp3) is 0.514. The summed E-state index contributed by atoms with van der Waals surface area (Å²) >= 11 is 6.59. The van der Waals surface area contributed by atoms with Gasteiger partial charge < -0.3 is 40.3 Å². The number of carbonyl (C=O) groups excluding carboxylic acids is 1. The van der Waals surface area contributed by atoms with E-state index in [-0.39, 0.29) is 30.7 Å². The summed E-state index contributed by atoms with van der Waals surface area (Å²) in [5.41, 5.74) is 2.80. The Kier molecular flexibility index (Phi) is 13.3. The molecule has 1 amide bonds. The summed E-state index contributed by atoms with van der Waals surface area (Å²) in [6.45, 7) is 2.92. The molecule has 0 bridgehead atoms. The molecular formula is C37H48ClN3O10S. The number of amides is 1. The molecule has 1 heterocycles. The number of nitrogens with zero attached hydrogens (tertiary/aromatic N) is 2. The number of para-hydroxylation sites is 1. The van der Waals surface area contributed by atoms with Gasteiger partial charge >= 0.3 is 0 Å². The van der Waals surface area contributed by atoms with E-state index >= 15 is 0 Å². The quantitative estimate of drug-likeness (QED) is 0.0926. The number of ether oxygens (including phenoxy) is 2. The van der Waals surface area contributed by atoms with Crippen molar-refractivity contribution in [2.24, 2.45) is 0 Å². The third kappa shape index (κ3) is 9.48. The fourth-order valence-electron chi connectivity index (χ4n) is 5.97. The van der Waals surface area contributed by atoms with Crippen LogP contribution in [0.4, 0.5) is 0 Å². The molecule has 1 aromatic heterocycles. The highest BCUT2D eigenvalue weighted by Crippen LogP contribution is 2.53. The van der Waals surface area contributed by atoms with E-state index in [0.29, 0.717) is 23.4 Å². The Bertz CT molecular complexity index is 1790. The maximum Gasteiger partial charge on any atom is 0.251 e. The van der Waals surface area contributed by atoms with Gasteiger partial charge in [-0.25, -0.2) is 8.42 Å². The number of aliphatic hydroxyl groups is 5. The van der Waals surface area contributed by atoms with Gasteiger partial charge in [0.2, 0.25) is 10.0 Å². The average molecular weight is 762 g/mol. The van der Waals surface area contributed by atoms with Crippen LogP contribution in [-0.2, 0) is 31.8 Å². The largest absolute Gasteiger partial charge is 0.490 e. The lowest BCUT2D eigenvalue weighted by Crippen LogP contribution is -2.51. The third-order valence-corrected chi connectivity index (χ3v) is 11.8. The van der Waals surface area contributed by atoms with E-state index in [0.717, 1.165) is 48.1 Å². The molecule has 52 heavy (non-hydrogen) atoms. The molecule has 15 heteroatoms. The molecule has 0 aliphatic heterocycles. The Labute approximate surface area is 309 Å². The standard InChI is InChI=1S/C37H48ClN3O10S/c1-23(2)41(18-6-5-16-40-36(47)35(46)34(45)33(44)31(43)21-42)52(48,49)26-11-12-30(38)24(19-26)22-50-37(14-15-37)29-20-39-17-13-27(29)28-7-3-4-8-32(28)51-25-9-10-25/h3-4,7-8,11-13,17,19-20,23,25,31,33-35,42-46H,5-6,9-10,14-16,18,21-22H2,1-2H3,(H,40,47)/t31-,33+,34-,35-/m0/s1. The van der Waals surface area contributed by atoms with Crippen molar-refractivity contribution in [2.75, 3.05) is 19.7 Å². The van der Waals surface area contributed by atoms with Crippen LogP contribution in [0, 0.1) is 0 Å². The summed E-state index contributed by atoms with van der Waals surface area (Å²) in [5.74, 6) is -0.166. The Morgan fingerprint density at radius 1 is 1.04 bits per heavy atom. The smallest absolute Gasteiger partial charge is 0.251 e. The summed E-state index contributed by atoms with van der Waals surface area (Å²) < 4.78 is 41.9. The molecule has 2 fully saturated rings. The van der Waals surface area contributed by atoms with Crippen LogP contribution in [0.1, 0.15) is 63.5 Å². The zero-order valence-corrected chi connectivity index (χ0v) is 30.8. The number of aliphatic hydroxyl groups excluding tert-OH is 5. The van der Waals surface area contributed by atoms with Crippen LogP contribution in [0.5, 0.6) is 5.75 Å². The number of benzene rings is 2. The molecule has 0 radical (unpaired) electrons. The summed E-state index contributed by atoms with van der Waals surface area (Å²) in [6.07, 6.45) is 0.398. The van der Waals surface area contributed by atoms with Crippen molar-refractivity contribution in [2.45, 2.75) is 106 Å². The first-order valence-electron chi connectivity index (χ1n) is 17.5. The third-order valence-electron chi connectivity index (χ3n) is 9.34. The van der Waals surface area contributed by atoms with Crippen LogP contribution in [0.15, 0.2) is 65.8 Å². The lowest BCUT2D eigenvalue weighted by molar-refractivity contribution is -0.148. The zero-order valence-electron chi connectivity index (χ0n) is 29.3. The van der Waals surface area contributed by atoms with Crippen molar-refractivity contribution < 1.29 is 48.2 Å². The number of sulfonamides is 1. The summed E-state index contributed by atoms with van der Waals surface area (Å²) in [4.78, 5) is 16.7. The summed E-state index contributed by atoms with van der Waals surface area (Å²) in [5, 5.41) is 50.8. The first kappa shape index (κ1) is 40.0. The molecule has 0 saturated heterocycles. The van der Waals surface area contributed by atoms with E-state index in [2.05, 4.69) is 10.3 Å². The number of rotatable bonds is 20. The van der Waals surface area contributed by atoms with Crippen LogP contribution in [0.25, 0.3) is 11.1 Å². The van der Waals surface area contributed by atoms with Gasteiger partial charge in [0, 0.05) is 47.7 Å². The maximum absolute atomic E-state index is 13.9. The van der Waals surface area contributed by atoms with E-state index in [1.165, 1.54) is 10.4 Å². The predicted molar refractivity (Wildman–Crippen MR) is 193 cm³/mol. The van der Waals surface area contributed by atoms with Crippen LogP contribution in [0.2, 0.25) is 5.02 Å². The second-order valence-corrected chi connectivity index (χ2v) is 16.0. The molecule has 2 aliphatic rings. The van der Waals surface area contributed by atoms with Gasteiger partial charge in [0.05, 0.1) is 29.8 Å². The molecule has 6 N–H and O–H groups in total. The molecule has 3 aromatic rings. The topological polar surface area (TPSA) is 199 Å². The molecule has 2 aliphatic carbocycles. The number of aromatic nitrogens is 1. The van der Waals surface area contributed by atoms with Gasteiger partial charge in [0.15, 0.2) is 6.10 Å². The SMILES string of the molecule is CC(C)N(CCCCNC(=O)[C@@H](O)[C@@H](O)[C@H](O)[C@@H](O)CO)S(=O)(=O)c1ccc(Cl)c(COC2(c3cnccc3-c3ccccc3OC3CC3)CC2)c1. The number of nitrogens with one attached hydrogen (secondary N) is 1. The zero-order chi connectivity index (χ0) is 37.6. The first-order valence-corrected chi connectivity index (χ1v) is 19.4. The monoisotopic (exact) mass is 761 g/mol. The van der Waals surface area contributed by atoms with Crippen LogP contribution in [-0.4, -0.2) is 105 Å². The highest BCUT2D eigenvalue weighted by molar-refractivity contribution is 7.89. The average Bonchev–Trinajstić information content (AvgIpc) is 4.09. The van der Waals surface area contributed by atoms with Crippen LogP contribution in [0.3, 0.4) is 0 Å². The first-order chi connectivity index (χ1) is 24.8. The highest BCUT2D eigenvalue weighted by Gasteiger charge is 2.48. The number of hydrogen-bond donors (Lipinski definition) is 6. The van der Waals surface area contributed by atoms with Gasteiger partial charge in [-0.2, -0.15) is 4.31 Å². The van der Waals surface area contributed by atoms with Crippen molar-refractivity contribution in [1.29, 1.82) is 0 Å². The van der Waals surface area contributed by atoms with E-state index in [4.69, 9.17) is 26.2 Å². The van der Waals surface area contributed by atoms with Gasteiger partial charge in [-0.15, -0.1) is 0 Å². The molecular weight excluding hydrogens is 714 g/mol. The van der Waals surface area contributed by atoms with Crippen molar-refractivity contribution in [3.05, 3.63) is 77.1 Å². The summed E-state index contributed by atoms with van der Waals surface area (Å²) in [6, 6.07) is 14.1. The molecule has 2 saturated carbocycles. The van der Waals surface area contributed by atoms with E-state index in [1.807, 2.05) is 36.5 Å². The molecule has 5 rings (SSSR count). The van der Waals surface area contributed by atoms with Gasteiger partial charge in [0.25, 0.3) is 5.91 Å². The Morgan fingerprint density at radius 3 is 2.44 bits per heavy atom. The molecule has 4 atom stereocenters. The maximum atomic E-state index is 13.9. The van der Waals surface area contributed by atoms with E-state index < -0.39 is 58.6 Å². The normalized spacial score (nSPS) is 17.8. The van der Waals surface area contributed by atoms with Crippen molar-refractivity contribution in [3.8, 4) is 16.9 Å². The Balaban J connectivity index is 1.22. The molecule has 0 unspecified atom stereocenters. The second kappa shape index (κ2) is 17.3. The molecule has 2 aromatic carbocycles. The number of pyridine rings is 1. The Hall–Kier alpha value is -3.18. The lowest BCUT2D eigenvalue weighted by Gasteiger charge is -2.27. The minimum Gasteiger partial charge on any atom is -0.490 e. The predicted octanol–water partition coefficient (Wildman–Crippen LogP) is 2.88. The van der Waals surface area contributed by atoms with Crippen molar-refractivity contribution in [3.63, 3.8) is 0 Å². The van der Waals surface area contributed by atoms with Crippen LogP contribution >= 0.6 is 11.6 Å². The van der Waals surface area contributed by atoms with Gasteiger partial charge in [-0.3, -0.25) is 9.78 Å².